The molecule has 0 spiro atoms. The third-order valence-electron chi connectivity index (χ3n) is 7.08. The molecule has 0 heterocycles. The van der Waals surface area contributed by atoms with Gasteiger partial charge in [-0.3, -0.25) is 9.59 Å². The molecule has 0 unspecified atom stereocenters. The number of ketones is 2. The number of hydrogen-bond acceptors (Lipinski definition) is 3. The minimum Gasteiger partial charge on any atom is -0.500 e. The standard InChI is InChI=1S/C27H40O3/c1-18(2)10-9-14-26(7)21(12-11-19(3)4)17-27(15-13-20(5)6)23(30-8)16-22(28)24(26)25(27)29/h10-11,13,16,21,24H,9,12,14-15,17H2,1-8H3/t21-,24+,26+,27-/m0/s1. The number of allylic oxidation sites excluding steroid dienone is 8. The van der Waals surface area contributed by atoms with Crippen molar-refractivity contribution in [2.45, 2.75) is 80.6 Å². The van der Waals surface area contributed by atoms with Gasteiger partial charge in [-0.2, -0.15) is 0 Å². The molecule has 3 nitrogen and oxygen atoms in total. The number of methoxy groups -OCH3 is 1. The van der Waals surface area contributed by atoms with Crippen LogP contribution in [0.4, 0.5) is 0 Å². The summed E-state index contributed by atoms with van der Waals surface area (Å²) in [6.07, 6.45) is 12.2. The molecule has 0 saturated heterocycles. The van der Waals surface area contributed by atoms with Gasteiger partial charge in [0.25, 0.3) is 0 Å². The smallest absolute Gasteiger partial charge is 0.170 e. The first-order valence-corrected chi connectivity index (χ1v) is 11.2. The quantitative estimate of drug-likeness (QED) is 0.327. The number of ether oxygens (including phenoxy) is 1. The van der Waals surface area contributed by atoms with Crippen LogP contribution in [-0.2, 0) is 14.3 Å². The summed E-state index contributed by atoms with van der Waals surface area (Å²) in [5.74, 6) is 0.203. The zero-order chi connectivity index (χ0) is 22.7. The Bertz CT molecular complexity index is 798. The van der Waals surface area contributed by atoms with E-state index < -0.39 is 11.3 Å². The van der Waals surface area contributed by atoms with Crippen molar-refractivity contribution >= 4 is 11.6 Å². The van der Waals surface area contributed by atoms with Crippen LogP contribution in [0.25, 0.3) is 0 Å². The van der Waals surface area contributed by atoms with E-state index in [1.165, 1.54) is 16.7 Å². The lowest BCUT2D eigenvalue weighted by Gasteiger charge is -2.55. The van der Waals surface area contributed by atoms with Gasteiger partial charge >= 0.3 is 0 Å². The minimum atomic E-state index is -0.721. The molecule has 1 saturated carbocycles. The van der Waals surface area contributed by atoms with E-state index in [9.17, 15) is 9.59 Å². The van der Waals surface area contributed by atoms with Gasteiger partial charge in [-0.25, -0.2) is 0 Å². The molecular weight excluding hydrogens is 372 g/mol. The maximum Gasteiger partial charge on any atom is 0.170 e. The molecule has 0 radical (unpaired) electrons. The SMILES string of the molecule is COC1=CC(=O)[C@@H]2C(=O)[C@@]1(CC=C(C)C)C[C@H](CC=C(C)C)[C@@]2(C)CCC=C(C)C. The molecule has 2 aliphatic carbocycles. The second kappa shape index (κ2) is 9.49. The molecule has 2 rings (SSSR count). The van der Waals surface area contributed by atoms with Crippen molar-refractivity contribution in [3.8, 4) is 0 Å². The normalized spacial score (nSPS) is 30.3. The van der Waals surface area contributed by atoms with Gasteiger partial charge in [0.15, 0.2) is 11.6 Å². The lowest BCUT2D eigenvalue weighted by molar-refractivity contribution is -0.157. The van der Waals surface area contributed by atoms with Gasteiger partial charge in [0.2, 0.25) is 0 Å². The third kappa shape index (κ3) is 4.71. The molecule has 166 valence electrons. The molecule has 0 aromatic heterocycles. The highest BCUT2D eigenvalue weighted by atomic mass is 16.5. The molecule has 0 amide bonds. The molecule has 0 aliphatic heterocycles. The van der Waals surface area contributed by atoms with Crippen molar-refractivity contribution in [2.75, 3.05) is 7.11 Å². The Morgan fingerprint density at radius 2 is 1.63 bits per heavy atom. The van der Waals surface area contributed by atoms with Crippen molar-refractivity contribution in [2.24, 2.45) is 22.7 Å². The van der Waals surface area contributed by atoms with Crippen molar-refractivity contribution < 1.29 is 14.3 Å². The van der Waals surface area contributed by atoms with E-state index in [1.807, 2.05) is 0 Å². The average molecular weight is 413 g/mol. The summed E-state index contributed by atoms with van der Waals surface area (Å²) in [4.78, 5) is 27.2. The lowest BCUT2D eigenvalue weighted by atomic mass is 9.47. The van der Waals surface area contributed by atoms with Crippen molar-refractivity contribution in [1.82, 2.24) is 0 Å². The summed E-state index contributed by atoms with van der Waals surface area (Å²) in [5.41, 5.74) is 2.66. The van der Waals surface area contributed by atoms with Crippen LogP contribution in [0.5, 0.6) is 0 Å². The minimum absolute atomic E-state index is 0.0671. The van der Waals surface area contributed by atoms with Crippen LogP contribution in [0.15, 0.2) is 46.8 Å². The van der Waals surface area contributed by atoms with Gasteiger partial charge in [0.1, 0.15) is 5.76 Å². The van der Waals surface area contributed by atoms with E-state index in [1.54, 1.807) is 13.2 Å². The van der Waals surface area contributed by atoms with Gasteiger partial charge in [-0.15, -0.1) is 0 Å². The van der Waals surface area contributed by atoms with Crippen LogP contribution in [0.2, 0.25) is 0 Å². The van der Waals surface area contributed by atoms with Crippen molar-refractivity contribution in [1.29, 1.82) is 0 Å². The Morgan fingerprint density at radius 1 is 1.03 bits per heavy atom. The zero-order valence-corrected chi connectivity index (χ0v) is 20.2. The summed E-state index contributed by atoms with van der Waals surface area (Å²) >= 11 is 0. The Kier molecular flexibility index (Phi) is 7.71. The Hall–Kier alpha value is -1.90. The molecule has 30 heavy (non-hydrogen) atoms. The van der Waals surface area contributed by atoms with E-state index in [4.69, 9.17) is 4.74 Å². The summed E-state index contributed by atoms with van der Waals surface area (Å²) in [5, 5.41) is 0. The number of Topliss-reactive ketones (excluding diaryl/α,β-unsaturated/α-hetero) is 1. The first-order chi connectivity index (χ1) is 14.0. The van der Waals surface area contributed by atoms with Gasteiger partial charge in [0, 0.05) is 6.08 Å². The van der Waals surface area contributed by atoms with Crippen LogP contribution >= 0.6 is 0 Å². The molecule has 0 aromatic rings. The first-order valence-electron chi connectivity index (χ1n) is 11.2. The van der Waals surface area contributed by atoms with Gasteiger partial charge in [0.05, 0.1) is 18.4 Å². The molecule has 0 N–H and O–H groups in total. The molecule has 0 aromatic carbocycles. The predicted molar refractivity (Wildman–Crippen MR) is 124 cm³/mol. The van der Waals surface area contributed by atoms with Crippen molar-refractivity contribution in [3.05, 3.63) is 46.8 Å². The summed E-state index contributed by atoms with van der Waals surface area (Å²) < 4.78 is 5.67. The number of carbonyl (C=O) groups excluding carboxylic acids is 2. The molecule has 3 heteroatoms. The fourth-order valence-electron chi connectivity index (χ4n) is 5.26. The van der Waals surface area contributed by atoms with Gasteiger partial charge < -0.3 is 4.74 Å². The van der Waals surface area contributed by atoms with Crippen LogP contribution < -0.4 is 0 Å². The van der Waals surface area contributed by atoms with E-state index in [0.717, 1.165) is 25.7 Å². The number of hydrogen-bond donors (Lipinski definition) is 0. The zero-order valence-electron chi connectivity index (χ0n) is 20.2. The number of fused-ring (bicyclic) bond motifs is 2. The monoisotopic (exact) mass is 412 g/mol. The van der Waals surface area contributed by atoms with E-state index >= 15 is 0 Å². The molecule has 2 aliphatic rings. The van der Waals surface area contributed by atoms with Crippen LogP contribution in [0, 0.1) is 22.7 Å². The lowest BCUT2D eigenvalue weighted by Crippen LogP contribution is -2.59. The first kappa shape index (κ1) is 24.4. The second-order valence-corrected chi connectivity index (χ2v) is 10.2. The average Bonchev–Trinajstić information content (AvgIpc) is 2.63. The Labute approximate surface area is 183 Å². The van der Waals surface area contributed by atoms with Crippen LogP contribution in [0.1, 0.15) is 80.6 Å². The van der Waals surface area contributed by atoms with E-state index in [-0.39, 0.29) is 22.9 Å². The number of rotatable bonds is 8. The fourth-order valence-corrected chi connectivity index (χ4v) is 5.26. The molecular formula is C27H40O3. The third-order valence-corrected chi connectivity index (χ3v) is 7.08. The summed E-state index contributed by atoms with van der Waals surface area (Å²) in [6.45, 7) is 14.7. The largest absolute Gasteiger partial charge is 0.500 e. The highest BCUT2D eigenvalue weighted by molar-refractivity contribution is 6.14. The number of carbonyl (C=O) groups is 2. The maximum absolute atomic E-state index is 13.9. The van der Waals surface area contributed by atoms with Crippen LogP contribution in [0.3, 0.4) is 0 Å². The molecule has 4 atom stereocenters. The van der Waals surface area contributed by atoms with Gasteiger partial charge in [-0.05, 0) is 85.0 Å². The highest BCUT2D eigenvalue weighted by Crippen LogP contribution is 2.60. The molecule has 2 bridgehead atoms. The summed E-state index contributed by atoms with van der Waals surface area (Å²) in [7, 11) is 1.59. The van der Waals surface area contributed by atoms with Gasteiger partial charge in [-0.1, -0.05) is 41.9 Å². The fraction of sp³-hybridized carbons (Fsp3) is 0.630. The van der Waals surface area contributed by atoms with E-state index in [2.05, 4.69) is 66.7 Å². The summed E-state index contributed by atoms with van der Waals surface area (Å²) in [6, 6.07) is 0. The molecule has 1 fully saturated rings. The van der Waals surface area contributed by atoms with Crippen molar-refractivity contribution in [3.63, 3.8) is 0 Å². The van der Waals surface area contributed by atoms with E-state index in [0.29, 0.717) is 12.2 Å². The predicted octanol–water partition coefficient (Wildman–Crippen LogP) is 6.76. The maximum atomic E-state index is 13.9. The Balaban J connectivity index is 2.61. The highest BCUT2D eigenvalue weighted by Gasteiger charge is 2.63. The topological polar surface area (TPSA) is 43.4 Å². The Morgan fingerprint density at radius 3 is 2.17 bits per heavy atom. The van der Waals surface area contributed by atoms with Crippen LogP contribution in [-0.4, -0.2) is 18.7 Å². The second-order valence-electron chi connectivity index (χ2n) is 10.2.